The van der Waals surface area contributed by atoms with Gasteiger partial charge in [-0.05, 0) is 51.4 Å². The molecular formula is C16H26ClN3O3. The second-order valence-corrected chi connectivity index (χ2v) is 6.21. The molecule has 0 bridgehead atoms. The summed E-state index contributed by atoms with van der Waals surface area (Å²) in [5, 5.41) is 6.25. The molecule has 6 nitrogen and oxygen atoms in total. The molecule has 1 fully saturated rings. The zero-order chi connectivity index (χ0) is 16.2. The van der Waals surface area contributed by atoms with Crippen molar-refractivity contribution >= 4 is 18.3 Å². The molecule has 130 valence electrons. The van der Waals surface area contributed by atoms with Gasteiger partial charge in [0.2, 0.25) is 0 Å². The number of methoxy groups -OCH3 is 1. The molecule has 0 aromatic carbocycles. The molecule has 2 rings (SSSR count). The summed E-state index contributed by atoms with van der Waals surface area (Å²) in [5.74, 6) is -0.312. The number of H-pyrrole nitrogens is 1. The maximum absolute atomic E-state index is 12.4. The van der Waals surface area contributed by atoms with Crippen molar-refractivity contribution in [3.8, 4) is 0 Å². The molecular weight excluding hydrogens is 318 g/mol. The molecule has 0 atom stereocenters. The molecule has 0 radical (unpaired) electrons. The number of hydrogen-bond acceptors (Lipinski definition) is 4. The third-order valence-electron chi connectivity index (χ3n) is 4.33. The van der Waals surface area contributed by atoms with Gasteiger partial charge in [0, 0.05) is 24.8 Å². The number of carbonyl (C=O) groups excluding carboxylic acids is 1. The number of rotatable bonds is 5. The minimum atomic E-state index is -0.332. The van der Waals surface area contributed by atoms with Crippen molar-refractivity contribution in [3.05, 3.63) is 33.2 Å². The highest BCUT2D eigenvalue weighted by atomic mass is 35.5. The van der Waals surface area contributed by atoms with Crippen LogP contribution in [0, 0.1) is 19.3 Å². The Balaban J connectivity index is 0.00000264. The number of hydrogen-bond donors (Lipinski definition) is 3. The summed E-state index contributed by atoms with van der Waals surface area (Å²) in [6.45, 7) is 6.56. The second kappa shape index (κ2) is 8.47. The average Bonchev–Trinajstić information content (AvgIpc) is 2.45. The largest absolute Gasteiger partial charge is 0.384 e. The smallest absolute Gasteiger partial charge is 0.261 e. The topological polar surface area (TPSA) is 83.2 Å². The summed E-state index contributed by atoms with van der Waals surface area (Å²) < 4.78 is 5.34. The summed E-state index contributed by atoms with van der Waals surface area (Å²) >= 11 is 0. The lowest BCUT2D eigenvalue weighted by atomic mass is 9.79. The SMILES string of the molecule is COCC1(CNC(=O)c2c(C)cc(C)[nH]c2=O)CCNCC1.Cl. The fourth-order valence-corrected chi connectivity index (χ4v) is 3.13. The van der Waals surface area contributed by atoms with Crippen LogP contribution in [0.15, 0.2) is 10.9 Å². The van der Waals surface area contributed by atoms with Gasteiger partial charge in [-0.1, -0.05) is 0 Å². The molecule has 0 aliphatic carbocycles. The van der Waals surface area contributed by atoms with Crippen LogP contribution in [0.25, 0.3) is 0 Å². The number of carbonyl (C=O) groups is 1. The lowest BCUT2D eigenvalue weighted by Crippen LogP contribution is -2.47. The molecule has 1 aliphatic heterocycles. The Bertz CT molecular complexity index is 589. The van der Waals surface area contributed by atoms with E-state index in [-0.39, 0.29) is 34.9 Å². The van der Waals surface area contributed by atoms with Crippen molar-refractivity contribution in [2.24, 2.45) is 5.41 Å². The molecule has 1 aliphatic rings. The molecule has 1 amide bonds. The predicted molar refractivity (Wildman–Crippen MR) is 92.5 cm³/mol. The van der Waals surface area contributed by atoms with Crippen LogP contribution in [0.2, 0.25) is 0 Å². The van der Waals surface area contributed by atoms with Crippen LogP contribution in [-0.4, -0.2) is 44.2 Å². The molecule has 1 aromatic heterocycles. The lowest BCUT2D eigenvalue weighted by Gasteiger charge is -2.37. The van der Waals surface area contributed by atoms with E-state index < -0.39 is 0 Å². The Labute approximate surface area is 142 Å². The Morgan fingerprint density at radius 2 is 2.00 bits per heavy atom. The lowest BCUT2D eigenvalue weighted by molar-refractivity contribution is 0.0511. The van der Waals surface area contributed by atoms with E-state index in [0.29, 0.717) is 18.7 Å². The van der Waals surface area contributed by atoms with Gasteiger partial charge in [-0.25, -0.2) is 0 Å². The zero-order valence-electron chi connectivity index (χ0n) is 14.0. The first-order chi connectivity index (χ1) is 10.5. The highest BCUT2D eigenvalue weighted by Gasteiger charge is 2.32. The van der Waals surface area contributed by atoms with Crippen LogP contribution < -0.4 is 16.2 Å². The Morgan fingerprint density at radius 1 is 1.35 bits per heavy atom. The van der Waals surface area contributed by atoms with Crippen LogP contribution in [0.5, 0.6) is 0 Å². The number of piperidine rings is 1. The first-order valence-corrected chi connectivity index (χ1v) is 7.66. The van der Waals surface area contributed by atoms with Crippen LogP contribution >= 0.6 is 12.4 Å². The van der Waals surface area contributed by atoms with Crippen LogP contribution in [0.1, 0.15) is 34.5 Å². The number of pyridine rings is 1. The molecule has 0 saturated carbocycles. The van der Waals surface area contributed by atoms with Gasteiger partial charge >= 0.3 is 0 Å². The normalized spacial score (nSPS) is 16.5. The Hall–Kier alpha value is -1.37. The van der Waals surface area contributed by atoms with Crippen molar-refractivity contribution < 1.29 is 9.53 Å². The predicted octanol–water partition coefficient (Wildman–Crippen LogP) is 1.16. The molecule has 23 heavy (non-hydrogen) atoms. The maximum atomic E-state index is 12.4. The number of aromatic amines is 1. The van der Waals surface area contributed by atoms with E-state index in [9.17, 15) is 9.59 Å². The first kappa shape index (κ1) is 19.7. The number of nitrogens with one attached hydrogen (secondary N) is 3. The summed E-state index contributed by atoms with van der Waals surface area (Å²) in [5.41, 5.74) is 1.27. The first-order valence-electron chi connectivity index (χ1n) is 7.66. The third-order valence-corrected chi connectivity index (χ3v) is 4.33. The van der Waals surface area contributed by atoms with E-state index in [4.69, 9.17) is 4.74 Å². The highest BCUT2D eigenvalue weighted by molar-refractivity contribution is 5.95. The van der Waals surface area contributed by atoms with Gasteiger partial charge < -0.3 is 20.4 Å². The zero-order valence-corrected chi connectivity index (χ0v) is 14.8. The molecule has 1 aromatic rings. The highest BCUT2D eigenvalue weighted by Crippen LogP contribution is 2.28. The minimum absolute atomic E-state index is 0. The second-order valence-electron chi connectivity index (χ2n) is 6.21. The molecule has 0 unspecified atom stereocenters. The number of ether oxygens (including phenoxy) is 1. The molecule has 7 heteroatoms. The van der Waals surface area contributed by atoms with Gasteiger partial charge in [-0.3, -0.25) is 9.59 Å². The third kappa shape index (κ3) is 4.80. The monoisotopic (exact) mass is 343 g/mol. The van der Waals surface area contributed by atoms with Crippen molar-refractivity contribution in [2.75, 3.05) is 33.4 Å². The van der Waals surface area contributed by atoms with Gasteiger partial charge in [0.1, 0.15) is 5.56 Å². The summed E-state index contributed by atoms with van der Waals surface area (Å²) in [4.78, 5) is 27.1. The van der Waals surface area contributed by atoms with Crippen molar-refractivity contribution in [3.63, 3.8) is 0 Å². The van der Waals surface area contributed by atoms with Gasteiger partial charge in [0.05, 0.1) is 6.61 Å². The van der Waals surface area contributed by atoms with Gasteiger partial charge in [0.15, 0.2) is 0 Å². The molecule has 1 saturated heterocycles. The van der Waals surface area contributed by atoms with Crippen molar-refractivity contribution in [1.82, 2.24) is 15.6 Å². The van der Waals surface area contributed by atoms with E-state index in [1.54, 1.807) is 21.0 Å². The number of amides is 1. The van der Waals surface area contributed by atoms with E-state index in [2.05, 4.69) is 15.6 Å². The van der Waals surface area contributed by atoms with Crippen LogP contribution in [0.4, 0.5) is 0 Å². The quantitative estimate of drug-likeness (QED) is 0.749. The number of halogens is 1. The van der Waals surface area contributed by atoms with Gasteiger partial charge in [-0.2, -0.15) is 0 Å². The fourth-order valence-electron chi connectivity index (χ4n) is 3.13. The molecule has 0 spiro atoms. The maximum Gasteiger partial charge on any atom is 0.261 e. The minimum Gasteiger partial charge on any atom is -0.384 e. The fraction of sp³-hybridized carbons (Fsp3) is 0.625. The average molecular weight is 344 g/mol. The van der Waals surface area contributed by atoms with Gasteiger partial charge in [0.25, 0.3) is 11.5 Å². The van der Waals surface area contributed by atoms with E-state index in [0.717, 1.165) is 31.6 Å². The van der Waals surface area contributed by atoms with E-state index >= 15 is 0 Å². The number of aryl methyl sites for hydroxylation is 2. The van der Waals surface area contributed by atoms with E-state index in [1.807, 2.05) is 6.07 Å². The summed E-state index contributed by atoms with van der Waals surface area (Å²) in [6.07, 6.45) is 1.90. The molecule has 3 N–H and O–H groups in total. The van der Waals surface area contributed by atoms with Crippen molar-refractivity contribution in [1.29, 1.82) is 0 Å². The Morgan fingerprint density at radius 3 is 2.57 bits per heavy atom. The Kier molecular flexibility index (Phi) is 7.25. The van der Waals surface area contributed by atoms with E-state index in [1.165, 1.54) is 0 Å². The molecule has 2 heterocycles. The van der Waals surface area contributed by atoms with Crippen LogP contribution in [0.3, 0.4) is 0 Å². The van der Waals surface area contributed by atoms with Crippen molar-refractivity contribution in [2.45, 2.75) is 26.7 Å². The summed E-state index contributed by atoms with van der Waals surface area (Å²) in [6, 6.07) is 1.81. The number of aromatic nitrogens is 1. The summed E-state index contributed by atoms with van der Waals surface area (Å²) in [7, 11) is 1.68. The van der Waals surface area contributed by atoms with Crippen LogP contribution in [-0.2, 0) is 4.74 Å². The standard InChI is InChI=1S/C16H25N3O3.ClH/c1-11-8-12(2)19-15(21)13(11)14(20)18-9-16(10-22-3)4-6-17-7-5-16;/h8,17H,4-7,9-10H2,1-3H3,(H,18,20)(H,19,21);1H. The van der Waals surface area contributed by atoms with Gasteiger partial charge in [-0.15, -0.1) is 12.4 Å².